The summed E-state index contributed by atoms with van der Waals surface area (Å²) in [5, 5.41) is 15.1. The number of nitrogens with zero attached hydrogens (tertiary/aromatic N) is 1. The molecular formula is C14H21F3N2O5S. The van der Waals surface area contributed by atoms with Gasteiger partial charge >= 0.3 is 6.18 Å². The summed E-state index contributed by atoms with van der Waals surface area (Å²) in [5.41, 5.74) is -0.427. The summed E-state index contributed by atoms with van der Waals surface area (Å²) < 4.78 is 63.8. The first-order chi connectivity index (χ1) is 11.1. The van der Waals surface area contributed by atoms with Gasteiger partial charge in [0.2, 0.25) is 11.8 Å². The van der Waals surface area contributed by atoms with Gasteiger partial charge in [-0.05, 0) is 13.8 Å². The van der Waals surface area contributed by atoms with Crippen LogP contribution in [0.25, 0.3) is 0 Å². The molecule has 0 unspecified atom stereocenters. The van der Waals surface area contributed by atoms with Gasteiger partial charge in [-0.2, -0.15) is 13.2 Å². The number of aromatic nitrogens is 1. The molecule has 144 valence electrons. The molecule has 0 atom stereocenters. The number of anilines is 1. The standard InChI is InChI=1S/C14H21F3N2O5S/c1-12(2,8-20)9-7-10(24-19-9)18-11(21)13(3,4)25(22,23)6-5-14(15,16)17/h7,20H,5-6,8H2,1-4H3,(H,18,21). The van der Waals surface area contributed by atoms with Gasteiger partial charge in [0.25, 0.3) is 0 Å². The van der Waals surface area contributed by atoms with Crippen LogP contribution in [-0.2, 0) is 20.0 Å². The van der Waals surface area contributed by atoms with Crippen molar-refractivity contribution in [3.8, 4) is 0 Å². The molecule has 7 nitrogen and oxygen atoms in total. The van der Waals surface area contributed by atoms with Crippen molar-refractivity contribution in [2.24, 2.45) is 0 Å². The highest BCUT2D eigenvalue weighted by Crippen LogP contribution is 2.28. The zero-order chi connectivity index (χ0) is 19.7. The average Bonchev–Trinajstić information content (AvgIpc) is 2.93. The minimum Gasteiger partial charge on any atom is -0.395 e. The predicted molar refractivity (Wildman–Crippen MR) is 83.8 cm³/mol. The number of carbonyl (C=O) groups is 1. The van der Waals surface area contributed by atoms with Crippen molar-refractivity contribution in [3.63, 3.8) is 0 Å². The number of aliphatic hydroxyl groups excluding tert-OH is 1. The van der Waals surface area contributed by atoms with Crippen molar-refractivity contribution in [3.05, 3.63) is 11.8 Å². The van der Waals surface area contributed by atoms with Crippen LogP contribution in [0.1, 0.15) is 39.8 Å². The molecule has 11 heteroatoms. The number of aliphatic hydroxyl groups is 1. The van der Waals surface area contributed by atoms with E-state index >= 15 is 0 Å². The molecule has 0 saturated carbocycles. The number of halogens is 3. The van der Waals surface area contributed by atoms with E-state index in [1.807, 2.05) is 0 Å². The van der Waals surface area contributed by atoms with E-state index in [2.05, 4.69) is 10.5 Å². The molecule has 1 aromatic rings. The van der Waals surface area contributed by atoms with Gasteiger partial charge in [0, 0.05) is 11.5 Å². The monoisotopic (exact) mass is 386 g/mol. The van der Waals surface area contributed by atoms with Gasteiger partial charge in [-0.3, -0.25) is 10.1 Å². The maximum atomic E-state index is 12.3. The normalized spacial score (nSPS) is 13.8. The van der Waals surface area contributed by atoms with Crippen molar-refractivity contribution in [2.75, 3.05) is 17.7 Å². The Morgan fingerprint density at radius 2 is 1.84 bits per heavy atom. The van der Waals surface area contributed by atoms with Crippen LogP contribution in [0.2, 0.25) is 0 Å². The van der Waals surface area contributed by atoms with E-state index in [1.165, 1.54) is 6.07 Å². The second-order valence-electron chi connectivity index (χ2n) is 6.77. The van der Waals surface area contributed by atoms with Crippen molar-refractivity contribution in [1.82, 2.24) is 5.16 Å². The van der Waals surface area contributed by atoms with Gasteiger partial charge in [0.1, 0.15) is 4.75 Å². The molecule has 0 aromatic carbocycles. The maximum Gasteiger partial charge on any atom is 0.390 e. The SMILES string of the molecule is CC(C)(CO)c1cc(NC(=O)C(C)(C)S(=O)(=O)CCC(F)(F)F)on1. The third-order valence-electron chi connectivity index (χ3n) is 3.81. The van der Waals surface area contributed by atoms with E-state index in [-0.39, 0.29) is 12.5 Å². The Morgan fingerprint density at radius 3 is 2.32 bits per heavy atom. The molecule has 1 aromatic heterocycles. The minimum absolute atomic E-state index is 0.166. The fourth-order valence-electron chi connectivity index (χ4n) is 1.64. The lowest BCUT2D eigenvalue weighted by Gasteiger charge is -2.23. The number of sulfone groups is 1. The number of hydrogen-bond acceptors (Lipinski definition) is 6. The zero-order valence-corrected chi connectivity index (χ0v) is 15.1. The molecule has 0 bridgehead atoms. The van der Waals surface area contributed by atoms with Crippen LogP contribution in [0.5, 0.6) is 0 Å². The Morgan fingerprint density at radius 1 is 1.28 bits per heavy atom. The third kappa shape index (κ3) is 5.18. The molecule has 1 heterocycles. The summed E-state index contributed by atoms with van der Waals surface area (Å²) in [7, 11) is -4.37. The summed E-state index contributed by atoms with van der Waals surface area (Å²) in [5.74, 6) is -2.41. The summed E-state index contributed by atoms with van der Waals surface area (Å²) in [6.07, 6.45) is -6.18. The molecule has 0 saturated heterocycles. The number of rotatable bonds is 7. The summed E-state index contributed by atoms with van der Waals surface area (Å²) >= 11 is 0. The Labute approximate surface area is 143 Å². The third-order valence-corrected chi connectivity index (χ3v) is 6.30. The highest BCUT2D eigenvalue weighted by molar-refractivity contribution is 7.93. The second-order valence-corrected chi connectivity index (χ2v) is 9.43. The first kappa shape index (κ1) is 21.4. The van der Waals surface area contributed by atoms with E-state index in [4.69, 9.17) is 4.52 Å². The molecular weight excluding hydrogens is 365 g/mol. The summed E-state index contributed by atoms with van der Waals surface area (Å²) in [6, 6.07) is 1.31. The minimum atomic E-state index is -4.64. The Balaban J connectivity index is 2.91. The largest absolute Gasteiger partial charge is 0.395 e. The number of carbonyl (C=O) groups excluding carboxylic acids is 1. The summed E-state index contributed by atoms with van der Waals surface area (Å²) in [6.45, 7) is 5.13. The highest BCUT2D eigenvalue weighted by Gasteiger charge is 2.44. The van der Waals surface area contributed by atoms with Gasteiger partial charge in [-0.15, -0.1) is 0 Å². The predicted octanol–water partition coefficient (Wildman–Crippen LogP) is 2.03. The molecule has 0 aliphatic carbocycles. The molecule has 0 fully saturated rings. The van der Waals surface area contributed by atoms with Crippen LogP contribution >= 0.6 is 0 Å². The Kier molecular flexibility index (Phi) is 5.95. The lowest BCUT2D eigenvalue weighted by molar-refractivity contribution is -0.130. The lowest BCUT2D eigenvalue weighted by Crippen LogP contribution is -2.46. The van der Waals surface area contributed by atoms with Crippen LogP contribution in [0.3, 0.4) is 0 Å². The van der Waals surface area contributed by atoms with Gasteiger partial charge in [0.15, 0.2) is 9.84 Å². The topological polar surface area (TPSA) is 110 Å². The van der Waals surface area contributed by atoms with Crippen molar-refractivity contribution < 1.29 is 36.0 Å². The number of hydrogen-bond donors (Lipinski definition) is 2. The molecule has 25 heavy (non-hydrogen) atoms. The molecule has 1 amide bonds. The smallest absolute Gasteiger partial charge is 0.390 e. The molecule has 0 radical (unpaired) electrons. The molecule has 2 N–H and O–H groups in total. The van der Waals surface area contributed by atoms with Crippen LogP contribution in [0.4, 0.5) is 19.1 Å². The van der Waals surface area contributed by atoms with Gasteiger partial charge in [-0.25, -0.2) is 8.42 Å². The Hall–Kier alpha value is -1.62. The lowest BCUT2D eigenvalue weighted by atomic mass is 9.91. The van der Waals surface area contributed by atoms with E-state index in [9.17, 15) is 31.5 Å². The van der Waals surface area contributed by atoms with Gasteiger partial charge in [0.05, 0.1) is 24.5 Å². The van der Waals surface area contributed by atoms with E-state index in [0.717, 1.165) is 13.8 Å². The van der Waals surface area contributed by atoms with Crippen molar-refractivity contribution in [1.29, 1.82) is 0 Å². The number of amides is 1. The number of nitrogens with one attached hydrogen (secondary N) is 1. The van der Waals surface area contributed by atoms with E-state index in [1.54, 1.807) is 13.8 Å². The fourth-order valence-corrected chi connectivity index (χ4v) is 2.99. The van der Waals surface area contributed by atoms with Crippen LogP contribution < -0.4 is 5.32 Å². The maximum absolute atomic E-state index is 12.3. The molecule has 0 aliphatic rings. The van der Waals surface area contributed by atoms with Crippen LogP contribution in [-0.4, -0.2) is 47.9 Å². The first-order valence-corrected chi connectivity index (χ1v) is 8.96. The molecule has 0 spiro atoms. The highest BCUT2D eigenvalue weighted by atomic mass is 32.2. The van der Waals surface area contributed by atoms with Crippen LogP contribution in [0.15, 0.2) is 10.6 Å². The molecule has 0 aliphatic heterocycles. The van der Waals surface area contributed by atoms with Gasteiger partial charge in [-0.1, -0.05) is 19.0 Å². The summed E-state index contributed by atoms with van der Waals surface area (Å²) in [4.78, 5) is 12.2. The van der Waals surface area contributed by atoms with Crippen molar-refractivity contribution in [2.45, 2.75) is 50.5 Å². The average molecular weight is 386 g/mol. The van der Waals surface area contributed by atoms with Crippen molar-refractivity contribution >= 4 is 21.6 Å². The first-order valence-electron chi connectivity index (χ1n) is 7.31. The number of alkyl halides is 3. The Bertz CT molecular complexity index is 723. The quantitative estimate of drug-likeness (QED) is 0.742. The second kappa shape index (κ2) is 6.94. The molecule has 1 rings (SSSR count). The fraction of sp³-hybridized carbons (Fsp3) is 0.714. The van der Waals surface area contributed by atoms with Gasteiger partial charge < -0.3 is 9.63 Å². The van der Waals surface area contributed by atoms with E-state index in [0.29, 0.717) is 5.69 Å². The van der Waals surface area contributed by atoms with E-state index < -0.39 is 44.3 Å². The zero-order valence-electron chi connectivity index (χ0n) is 14.3. The van der Waals surface area contributed by atoms with Crippen LogP contribution in [0, 0.1) is 0 Å².